The molecule has 0 amide bonds. The summed E-state index contributed by atoms with van der Waals surface area (Å²) in [6.07, 6.45) is 3.32. The van der Waals surface area contributed by atoms with Crippen LogP contribution in [0.2, 0.25) is 5.02 Å². The quantitative estimate of drug-likeness (QED) is 0.922. The molecule has 1 unspecified atom stereocenters. The topological polar surface area (TPSA) is 50.2 Å². The molecule has 0 spiro atoms. The number of aromatic nitrogens is 1. The van der Waals surface area contributed by atoms with Gasteiger partial charge in [0.25, 0.3) is 0 Å². The number of pyridine rings is 1. The molecule has 0 radical (unpaired) electrons. The molecule has 2 aromatic rings. The van der Waals surface area contributed by atoms with Crippen molar-refractivity contribution in [1.29, 1.82) is 0 Å². The zero-order valence-electron chi connectivity index (χ0n) is 10.8. The van der Waals surface area contributed by atoms with Crippen LogP contribution in [0.5, 0.6) is 0 Å². The molecule has 0 aliphatic rings. The molecule has 1 heterocycles. The summed E-state index contributed by atoms with van der Waals surface area (Å²) in [6.45, 7) is 1.83. The largest absolute Gasteiger partial charge is 0.481 e. The summed E-state index contributed by atoms with van der Waals surface area (Å²) in [4.78, 5) is 14.9. The van der Waals surface area contributed by atoms with E-state index in [0.717, 1.165) is 16.7 Å². The highest BCUT2D eigenvalue weighted by Crippen LogP contribution is 2.27. The predicted octanol–water partition coefficient (Wildman–Crippen LogP) is 4.12. The average Bonchev–Trinajstić information content (AvgIpc) is 2.41. The number of hydrogen-bond acceptors (Lipinski definition) is 2. The Hall–Kier alpha value is -1.94. The first kappa shape index (κ1) is 14.5. The smallest absolute Gasteiger partial charge is 0.303 e. The molecular weight excluding hydrogens is 281 g/mol. The molecule has 2 rings (SSSR count). The summed E-state index contributed by atoms with van der Waals surface area (Å²) >= 11 is 5.76. The SMILES string of the molecule is CC(CC(=O)O)c1cncc(-c2ccc(F)c(Cl)c2)c1. The van der Waals surface area contributed by atoms with Crippen LogP contribution < -0.4 is 0 Å². The van der Waals surface area contributed by atoms with Crippen molar-refractivity contribution in [2.24, 2.45) is 0 Å². The second-order valence-corrected chi connectivity index (χ2v) is 5.04. The van der Waals surface area contributed by atoms with Gasteiger partial charge in [-0.25, -0.2) is 4.39 Å². The van der Waals surface area contributed by atoms with Gasteiger partial charge in [-0.05, 0) is 35.2 Å². The minimum atomic E-state index is -0.854. The fourth-order valence-electron chi connectivity index (χ4n) is 1.94. The molecule has 3 nitrogen and oxygen atoms in total. The van der Waals surface area contributed by atoms with Gasteiger partial charge in [-0.2, -0.15) is 0 Å². The van der Waals surface area contributed by atoms with Crippen LogP contribution in [0.25, 0.3) is 11.1 Å². The summed E-state index contributed by atoms with van der Waals surface area (Å²) < 4.78 is 13.2. The van der Waals surface area contributed by atoms with E-state index in [9.17, 15) is 9.18 Å². The number of carboxylic acids is 1. The minimum absolute atomic E-state index is 0.0370. The number of benzene rings is 1. The molecule has 0 aliphatic carbocycles. The maximum absolute atomic E-state index is 13.2. The van der Waals surface area contributed by atoms with E-state index in [1.54, 1.807) is 18.5 Å². The maximum atomic E-state index is 13.2. The first-order valence-corrected chi connectivity index (χ1v) is 6.47. The standard InChI is InChI=1S/C15H13ClFNO2/c1-9(4-15(19)20)11-5-12(8-18-7-11)10-2-3-14(17)13(16)6-10/h2-3,5-9H,4H2,1H3,(H,19,20). The molecule has 104 valence electrons. The molecule has 0 saturated heterocycles. The van der Waals surface area contributed by atoms with Crippen LogP contribution >= 0.6 is 11.6 Å². The van der Waals surface area contributed by atoms with Gasteiger partial charge >= 0.3 is 5.97 Å². The van der Waals surface area contributed by atoms with E-state index in [4.69, 9.17) is 16.7 Å². The van der Waals surface area contributed by atoms with Crippen LogP contribution in [-0.4, -0.2) is 16.1 Å². The Morgan fingerprint density at radius 1 is 1.35 bits per heavy atom. The molecule has 1 aromatic carbocycles. The van der Waals surface area contributed by atoms with Gasteiger partial charge < -0.3 is 5.11 Å². The van der Waals surface area contributed by atoms with E-state index < -0.39 is 11.8 Å². The van der Waals surface area contributed by atoms with Gasteiger partial charge in [0.05, 0.1) is 11.4 Å². The van der Waals surface area contributed by atoms with Gasteiger partial charge in [0, 0.05) is 18.0 Å². The molecule has 20 heavy (non-hydrogen) atoms. The summed E-state index contributed by atoms with van der Waals surface area (Å²) in [5.41, 5.74) is 2.35. The van der Waals surface area contributed by atoms with Crippen molar-refractivity contribution in [1.82, 2.24) is 4.98 Å². The Labute approximate surface area is 121 Å². The van der Waals surface area contributed by atoms with Crippen molar-refractivity contribution in [2.75, 3.05) is 0 Å². The highest BCUT2D eigenvalue weighted by atomic mass is 35.5. The summed E-state index contributed by atoms with van der Waals surface area (Å²) in [7, 11) is 0. The average molecular weight is 294 g/mol. The summed E-state index contributed by atoms with van der Waals surface area (Å²) in [5.74, 6) is -1.47. The molecule has 0 bridgehead atoms. The van der Waals surface area contributed by atoms with Crippen molar-refractivity contribution in [2.45, 2.75) is 19.3 Å². The number of nitrogens with zero attached hydrogens (tertiary/aromatic N) is 1. The molecule has 0 saturated carbocycles. The first-order valence-electron chi connectivity index (χ1n) is 6.09. The summed E-state index contributed by atoms with van der Waals surface area (Å²) in [5, 5.41) is 8.87. The molecule has 0 fully saturated rings. The monoisotopic (exact) mass is 293 g/mol. The van der Waals surface area contributed by atoms with Crippen LogP contribution in [0, 0.1) is 5.82 Å². The van der Waals surface area contributed by atoms with Crippen molar-refractivity contribution in [3.05, 3.63) is 53.1 Å². The van der Waals surface area contributed by atoms with Crippen molar-refractivity contribution in [3.8, 4) is 11.1 Å². The Morgan fingerprint density at radius 2 is 2.10 bits per heavy atom. The van der Waals surface area contributed by atoms with Gasteiger partial charge in [0.1, 0.15) is 5.82 Å². The summed E-state index contributed by atoms with van der Waals surface area (Å²) in [6, 6.07) is 6.29. The minimum Gasteiger partial charge on any atom is -0.481 e. The van der Waals surface area contributed by atoms with Crippen LogP contribution in [-0.2, 0) is 4.79 Å². The number of carboxylic acid groups (broad SMARTS) is 1. The highest BCUT2D eigenvalue weighted by Gasteiger charge is 2.12. The molecule has 1 aromatic heterocycles. The fraction of sp³-hybridized carbons (Fsp3) is 0.200. The first-order chi connectivity index (χ1) is 9.47. The van der Waals surface area contributed by atoms with Crippen LogP contribution in [0.3, 0.4) is 0 Å². The van der Waals surface area contributed by atoms with E-state index in [-0.39, 0.29) is 17.4 Å². The van der Waals surface area contributed by atoms with E-state index in [1.807, 2.05) is 13.0 Å². The normalized spacial score (nSPS) is 12.2. The molecule has 1 N–H and O–H groups in total. The third kappa shape index (κ3) is 3.33. The van der Waals surface area contributed by atoms with E-state index in [0.29, 0.717) is 0 Å². The number of hydrogen-bond donors (Lipinski definition) is 1. The number of aliphatic carboxylic acids is 1. The highest BCUT2D eigenvalue weighted by molar-refractivity contribution is 6.31. The third-order valence-electron chi connectivity index (χ3n) is 3.06. The molecule has 1 atom stereocenters. The second kappa shape index (κ2) is 6.01. The Kier molecular flexibility index (Phi) is 4.35. The zero-order valence-corrected chi connectivity index (χ0v) is 11.6. The van der Waals surface area contributed by atoms with Gasteiger partial charge in [0.15, 0.2) is 0 Å². The second-order valence-electron chi connectivity index (χ2n) is 4.63. The van der Waals surface area contributed by atoms with Crippen LogP contribution in [0.4, 0.5) is 4.39 Å². The van der Waals surface area contributed by atoms with Gasteiger partial charge in [0.2, 0.25) is 0 Å². The Balaban J connectivity index is 2.33. The molecular formula is C15H13ClFNO2. The lowest BCUT2D eigenvalue weighted by Crippen LogP contribution is -2.03. The Morgan fingerprint density at radius 3 is 2.75 bits per heavy atom. The Bertz CT molecular complexity index is 646. The van der Waals surface area contributed by atoms with Crippen LogP contribution in [0.1, 0.15) is 24.8 Å². The van der Waals surface area contributed by atoms with Crippen molar-refractivity contribution < 1.29 is 14.3 Å². The third-order valence-corrected chi connectivity index (χ3v) is 3.35. The number of rotatable bonds is 4. The van der Waals surface area contributed by atoms with E-state index >= 15 is 0 Å². The van der Waals surface area contributed by atoms with Gasteiger partial charge in [-0.1, -0.05) is 24.6 Å². The lowest BCUT2D eigenvalue weighted by atomic mass is 9.96. The molecule has 5 heteroatoms. The lowest BCUT2D eigenvalue weighted by Gasteiger charge is -2.10. The zero-order chi connectivity index (χ0) is 14.7. The van der Waals surface area contributed by atoms with E-state index in [2.05, 4.69) is 4.98 Å². The van der Waals surface area contributed by atoms with Gasteiger partial charge in [-0.3, -0.25) is 9.78 Å². The van der Waals surface area contributed by atoms with Crippen molar-refractivity contribution >= 4 is 17.6 Å². The molecule has 0 aliphatic heterocycles. The van der Waals surface area contributed by atoms with Gasteiger partial charge in [-0.15, -0.1) is 0 Å². The van der Waals surface area contributed by atoms with Crippen molar-refractivity contribution in [3.63, 3.8) is 0 Å². The fourth-order valence-corrected chi connectivity index (χ4v) is 2.12. The maximum Gasteiger partial charge on any atom is 0.303 e. The van der Waals surface area contributed by atoms with Crippen LogP contribution in [0.15, 0.2) is 36.7 Å². The van der Waals surface area contributed by atoms with E-state index in [1.165, 1.54) is 12.1 Å². The number of halogens is 2. The predicted molar refractivity (Wildman–Crippen MR) is 75.3 cm³/mol. The number of carbonyl (C=O) groups is 1. The lowest BCUT2D eigenvalue weighted by molar-refractivity contribution is -0.137.